The van der Waals surface area contributed by atoms with E-state index in [1.165, 1.54) is 18.3 Å². The molecule has 71 heavy (non-hydrogen) atoms. The van der Waals surface area contributed by atoms with Gasteiger partial charge in [0.1, 0.15) is 134 Å². The zero-order valence-corrected chi connectivity index (χ0v) is 37.1. The quantitative estimate of drug-likeness (QED) is 0.0487. The number of pyridine rings is 1. The highest BCUT2D eigenvalue weighted by molar-refractivity contribution is 5.36. The van der Waals surface area contributed by atoms with E-state index in [9.17, 15) is 86.7 Å². The molecular formula is C41H59N3O27. The summed E-state index contributed by atoms with van der Waals surface area (Å²) >= 11 is 0. The minimum absolute atomic E-state index is 0.0179. The van der Waals surface area contributed by atoms with Gasteiger partial charge >= 0.3 is 0 Å². The zero-order chi connectivity index (χ0) is 51.4. The number of hydrogen-bond donors (Lipinski definition) is 16. The van der Waals surface area contributed by atoms with Gasteiger partial charge in [-0.25, -0.2) is 4.98 Å². The van der Waals surface area contributed by atoms with Gasteiger partial charge in [0, 0.05) is 24.9 Å². The molecule has 5 fully saturated rings. The largest absolute Gasteiger partial charge is 0.462 e. The Morgan fingerprint density at radius 3 is 1.21 bits per heavy atom. The van der Waals surface area contributed by atoms with Gasteiger partial charge in [0.25, 0.3) is 5.69 Å². The average molecular weight is 1030 g/mol. The summed E-state index contributed by atoms with van der Waals surface area (Å²) in [5.41, 5.74) is -0.266. The Morgan fingerprint density at radius 2 is 0.845 bits per heavy atom. The lowest BCUT2D eigenvalue weighted by molar-refractivity contribution is -0.392. The molecule has 5 saturated heterocycles. The Morgan fingerprint density at radius 1 is 0.479 bits per heavy atom. The number of nitro groups is 1. The SMILES string of the molecule is O=[N+]([O-])c1ccc(O[C@H]2O[C@H](CO)[C@@H](O[C@H]3O[C@H](CO)[C@@H](O[C@H]4O[C@H](CO)[C@@H](O[C@H]5O[C@H](CO)[C@@H](O[C@@H]6O[C@H](CNc7ccccn7)[C@@H](O)[C@H](O)[C@H]6O)[C@H](O)[C@H]5O)[C@H](O)[C@H]4O)[C@H](O)[C@H]3O)[C@H](O)[C@H]2O)cc1. The molecule has 0 unspecified atom stereocenters. The van der Waals surface area contributed by atoms with Crippen LogP contribution in [0, 0.1) is 10.1 Å². The first-order chi connectivity index (χ1) is 33.9. The number of nitrogens with one attached hydrogen (secondary N) is 1. The number of aromatic nitrogens is 1. The molecule has 5 aliphatic rings. The molecule has 7 rings (SSSR count). The highest BCUT2D eigenvalue weighted by Gasteiger charge is 2.56. The highest BCUT2D eigenvalue weighted by Crippen LogP contribution is 2.36. The van der Waals surface area contributed by atoms with Gasteiger partial charge < -0.3 is 129 Å². The lowest BCUT2D eigenvalue weighted by Gasteiger charge is -2.49. The van der Waals surface area contributed by atoms with Gasteiger partial charge in [0.05, 0.1) is 31.4 Å². The Kier molecular flexibility index (Phi) is 18.8. The predicted octanol–water partition coefficient (Wildman–Crippen LogP) is -8.41. The Balaban J connectivity index is 0.950. The van der Waals surface area contributed by atoms with Crippen molar-refractivity contribution in [1.82, 2.24) is 4.98 Å². The van der Waals surface area contributed by atoms with Gasteiger partial charge in [-0.3, -0.25) is 10.1 Å². The molecule has 5 aliphatic heterocycles. The zero-order valence-electron chi connectivity index (χ0n) is 37.1. The minimum atomic E-state index is -2.15. The second-order valence-electron chi connectivity index (χ2n) is 17.2. The summed E-state index contributed by atoms with van der Waals surface area (Å²) in [4.78, 5) is 14.4. The first-order valence-electron chi connectivity index (χ1n) is 22.3. The third-order valence-corrected chi connectivity index (χ3v) is 12.6. The van der Waals surface area contributed by atoms with E-state index < -0.39 is 185 Å². The fraction of sp³-hybridized carbons (Fsp3) is 0.732. The summed E-state index contributed by atoms with van der Waals surface area (Å²) in [6.45, 7) is -3.93. The van der Waals surface area contributed by atoms with Gasteiger partial charge in [0.2, 0.25) is 6.29 Å². The highest BCUT2D eigenvalue weighted by atomic mass is 16.8. The predicted molar refractivity (Wildman–Crippen MR) is 224 cm³/mol. The molecule has 0 amide bonds. The van der Waals surface area contributed by atoms with Crippen LogP contribution in [0.15, 0.2) is 48.7 Å². The summed E-state index contributed by atoms with van der Waals surface area (Å²) in [7, 11) is 0. The number of anilines is 1. The van der Waals surface area contributed by atoms with Crippen molar-refractivity contribution in [1.29, 1.82) is 0 Å². The normalized spacial score (nSPS) is 44.2. The van der Waals surface area contributed by atoms with Crippen LogP contribution < -0.4 is 10.1 Å². The topological polar surface area (TPSA) is 464 Å². The van der Waals surface area contributed by atoms with Crippen LogP contribution in [0.1, 0.15) is 0 Å². The number of nitrogens with zero attached hydrogens (tertiary/aromatic N) is 2. The summed E-state index contributed by atoms with van der Waals surface area (Å²) in [5.74, 6) is 0.368. The molecule has 25 atom stereocenters. The monoisotopic (exact) mass is 1030 g/mol. The molecule has 1 aromatic heterocycles. The van der Waals surface area contributed by atoms with E-state index >= 15 is 0 Å². The Hall–Kier alpha value is -3.59. The molecule has 6 heterocycles. The lowest BCUT2D eigenvalue weighted by Crippen LogP contribution is -2.68. The van der Waals surface area contributed by atoms with E-state index in [1.54, 1.807) is 18.2 Å². The van der Waals surface area contributed by atoms with E-state index in [0.29, 0.717) is 5.82 Å². The van der Waals surface area contributed by atoms with Crippen molar-refractivity contribution in [3.8, 4) is 5.75 Å². The number of nitro benzene ring substituents is 1. The average Bonchev–Trinajstić information content (AvgIpc) is 3.37. The molecule has 2 aromatic rings. The van der Waals surface area contributed by atoms with Crippen LogP contribution in [0.4, 0.5) is 11.5 Å². The molecule has 0 bridgehead atoms. The van der Waals surface area contributed by atoms with Crippen molar-refractivity contribution in [2.24, 2.45) is 0 Å². The van der Waals surface area contributed by atoms with Crippen molar-refractivity contribution in [3.05, 3.63) is 58.8 Å². The van der Waals surface area contributed by atoms with Crippen LogP contribution in [-0.4, -0.2) is 273 Å². The first kappa shape index (κ1) is 55.2. The van der Waals surface area contributed by atoms with Crippen LogP contribution >= 0.6 is 0 Å². The maximum absolute atomic E-state index is 11.3. The fourth-order valence-electron chi connectivity index (χ4n) is 8.59. The van der Waals surface area contributed by atoms with Crippen molar-refractivity contribution in [3.63, 3.8) is 0 Å². The Bertz CT molecular complexity index is 1960. The molecule has 1 aromatic carbocycles. The second kappa shape index (κ2) is 24.2. The van der Waals surface area contributed by atoms with E-state index in [1.807, 2.05) is 0 Å². The molecule has 0 aliphatic carbocycles. The van der Waals surface area contributed by atoms with Gasteiger partial charge in [-0.05, 0) is 24.3 Å². The maximum Gasteiger partial charge on any atom is 0.269 e. The van der Waals surface area contributed by atoms with Crippen molar-refractivity contribution in [2.45, 2.75) is 154 Å². The minimum Gasteiger partial charge on any atom is -0.462 e. The smallest absolute Gasteiger partial charge is 0.269 e. The number of rotatable bonds is 18. The molecule has 0 radical (unpaired) electrons. The standard InChI is InChI=1S/C41H59N3O27/c45-10-17-33(24(51)29(56)37(64-17)62-15-6-4-14(5-7-15)44(60)61)69-39-31(58)26(53)35(19(12-47)66-39)71-41-32(59)27(54)36(20(13-48)67-41)70-40-30(57)25(52)34(18(11-46)65-40)68-38-28(55)23(50)22(49)16(63-38)9-43-21-3-1-2-8-42-21/h1-8,16-20,22-41,45-59H,9-13H2,(H,42,43)/t16-,17-,18-,19-,20-,22-,23+,24-,25-,26-,27-,28-,29-,30-,31-,32-,33-,34-,35-,36-,37+,38+,39-,40-,41-/m1/s1. The van der Waals surface area contributed by atoms with E-state index in [2.05, 4.69) is 10.3 Å². The van der Waals surface area contributed by atoms with E-state index in [-0.39, 0.29) is 18.0 Å². The molecule has 30 nitrogen and oxygen atoms in total. The number of hydrogen-bond acceptors (Lipinski definition) is 29. The molecule has 0 spiro atoms. The number of aliphatic hydroxyl groups is 15. The third-order valence-electron chi connectivity index (χ3n) is 12.6. The van der Waals surface area contributed by atoms with Crippen LogP contribution in [0.3, 0.4) is 0 Å². The third kappa shape index (κ3) is 12.0. The van der Waals surface area contributed by atoms with Crippen molar-refractivity contribution < 1.29 is 129 Å². The maximum atomic E-state index is 11.3. The number of benzene rings is 1. The summed E-state index contributed by atoms with van der Waals surface area (Å²) in [6, 6.07) is 9.57. The lowest BCUT2D eigenvalue weighted by atomic mass is 9.95. The summed E-state index contributed by atoms with van der Waals surface area (Å²) in [6.07, 6.45) is -44.2. The second-order valence-corrected chi connectivity index (χ2v) is 17.2. The fourth-order valence-corrected chi connectivity index (χ4v) is 8.59. The van der Waals surface area contributed by atoms with E-state index in [4.69, 9.17) is 47.4 Å². The van der Waals surface area contributed by atoms with Crippen LogP contribution in [-0.2, 0) is 42.6 Å². The molecule has 30 heteroatoms. The molecule has 400 valence electrons. The van der Waals surface area contributed by atoms with Crippen LogP contribution in [0.5, 0.6) is 5.75 Å². The molecular weight excluding hydrogens is 966 g/mol. The van der Waals surface area contributed by atoms with Crippen molar-refractivity contribution in [2.75, 3.05) is 38.3 Å². The van der Waals surface area contributed by atoms with Gasteiger partial charge in [-0.1, -0.05) is 6.07 Å². The summed E-state index contributed by atoms with van der Waals surface area (Å²) in [5, 5.41) is 176. The van der Waals surface area contributed by atoms with Gasteiger partial charge in [-0.15, -0.1) is 0 Å². The van der Waals surface area contributed by atoms with Gasteiger partial charge in [-0.2, -0.15) is 0 Å². The first-order valence-corrected chi connectivity index (χ1v) is 22.3. The Labute approximate surface area is 401 Å². The number of ether oxygens (including phenoxy) is 10. The number of aliphatic hydroxyl groups excluding tert-OH is 15. The number of non-ortho nitro benzene ring substituents is 1. The molecule has 16 N–H and O–H groups in total. The summed E-state index contributed by atoms with van der Waals surface area (Å²) < 4.78 is 56.6. The van der Waals surface area contributed by atoms with E-state index in [0.717, 1.165) is 12.1 Å². The van der Waals surface area contributed by atoms with Gasteiger partial charge in [0.15, 0.2) is 25.2 Å². The van der Waals surface area contributed by atoms with Crippen molar-refractivity contribution >= 4 is 11.5 Å². The van der Waals surface area contributed by atoms with Crippen LogP contribution in [0.25, 0.3) is 0 Å². The van der Waals surface area contributed by atoms with Crippen LogP contribution in [0.2, 0.25) is 0 Å². The molecule has 0 saturated carbocycles.